The summed E-state index contributed by atoms with van der Waals surface area (Å²) < 4.78 is 0. The summed E-state index contributed by atoms with van der Waals surface area (Å²) in [6, 6.07) is 0. The summed E-state index contributed by atoms with van der Waals surface area (Å²) in [5.74, 6) is 3.51. The molecule has 0 unspecified atom stereocenters. The zero-order chi connectivity index (χ0) is 7.82. The van der Waals surface area contributed by atoms with Gasteiger partial charge in [-0.25, -0.2) is 0 Å². The molecule has 0 aliphatic carbocycles. The van der Waals surface area contributed by atoms with E-state index < -0.39 is 0 Å². The lowest BCUT2D eigenvalue weighted by Crippen LogP contribution is -1.76. The molecule has 1 heteroatoms. The molecule has 0 saturated heterocycles. The number of allylic oxidation sites excluding steroid dienone is 3. The van der Waals surface area contributed by atoms with Crippen molar-refractivity contribution in [3.05, 3.63) is 23.8 Å². The fraction of sp³-hybridized carbons (Fsp3) is 0.333. The van der Waals surface area contributed by atoms with Crippen LogP contribution in [0, 0.1) is 12.3 Å². The van der Waals surface area contributed by atoms with Crippen molar-refractivity contribution < 1.29 is 0 Å². The van der Waals surface area contributed by atoms with Crippen LogP contribution in [0.1, 0.15) is 6.92 Å². The molecule has 0 bridgehead atoms. The highest BCUT2D eigenvalue weighted by atomic mass is 32.2. The molecule has 0 atom stereocenters. The van der Waals surface area contributed by atoms with Gasteiger partial charge in [-0.3, -0.25) is 0 Å². The predicted octanol–water partition coefficient (Wildman–Crippen LogP) is 2.49. The van der Waals surface area contributed by atoms with E-state index >= 15 is 0 Å². The fourth-order valence-corrected chi connectivity index (χ4v) is 1.10. The Labute approximate surface area is 67.4 Å². The van der Waals surface area contributed by atoms with Gasteiger partial charge in [0.05, 0.1) is 0 Å². The first-order valence-electron chi connectivity index (χ1n) is 3.08. The lowest BCUT2D eigenvalue weighted by Gasteiger charge is -1.92. The number of hydrogen-bond acceptors (Lipinski definition) is 1. The average Bonchev–Trinajstić information content (AvgIpc) is 1.89. The van der Waals surface area contributed by atoms with Crippen LogP contribution in [0.4, 0.5) is 0 Å². The molecule has 0 N–H and O–H groups in total. The van der Waals surface area contributed by atoms with Gasteiger partial charge < -0.3 is 0 Å². The molecule has 54 valence electrons. The molecule has 0 spiro atoms. The van der Waals surface area contributed by atoms with Gasteiger partial charge in [0.1, 0.15) is 0 Å². The standard InChI is InChI=1S/C9H12S/c1-4-5-6-7-9(2)8-10-3/h1,5-7H,8H2,2-3H3/b6-5-,9-7+. The van der Waals surface area contributed by atoms with E-state index in [2.05, 4.69) is 19.1 Å². The Balaban J connectivity index is 3.70. The summed E-state index contributed by atoms with van der Waals surface area (Å²) >= 11 is 1.81. The van der Waals surface area contributed by atoms with Crippen molar-refractivity contribution in [3.8, 4) is 12.3 Å². The Morgan fingerprint density at radius 3 is 2.90 bits per heavy atom. The Morgan fingerprint density at radius 1 is 1.70 bits per heavy atom. The van der Waals surface area contributed by atoms with Crippen molar-refractivity contribution >= 4 is 11.8 Å². The molecule has 0 aromatic heterocycles. The molecule has 10 heavy (non-hydrogen) atoms. The largest absolute Gasteiger partial charge is 0.161 e. The molecule has 0 amide bonds. The number of hydrogen-bond donors (Lipinski definition) is 0. The topological polar surface area (TPSA) is 0 Å². The summed E-state index contributed by atoms with van der Waals surface area (Å²) in [5.41, 5.74) is 1.35. The van der Waals surface area contributed by atoms with Crippen molar-refractivity contribution in [1.82, 2.24) is 0 Å². The smallest absolute Gasteiger partial charge is 0.0140 e. The second-order valence-electron chi connectivity index (χ2n) is 1.97. The van der Waals surface area contributed by atoms with Crippen LogP contribution in [0.2, 0.25) is 0 Å². The lowest BCUT2D eigenvalue weighted by atomic mass is 10.3. The van der Waals surface area contributed by atoms with E-state index in [4.69, 9.17) is 6.42 Å². The number of rotatable bonds is 3. The Hall–Kier alpha value is -0.610. The zero-order valence-corrected chi connectivity index (χ0v) is 7.24. The third kappa shape index (κ3) is 5.53. The van der Waals surface area contributed by atoms with Gasteiger partial charge in [-0.15, -0.1) is 6.42 Å². The van der Waals surface area contributed by atoms with E-state index in [0.29, 0.717) is 0 Å². The van der Waals surface area contributed by atoms with Gasteiger partial charge >= 0.3 is 0 Å². The van der Waals surface area contributed by atoms with Gasteiger partial charge in [-0.1, -0.05) is 23.6 Å². The van der Waals surface area contributed by atoms with E-state index in [9.17, 15) is 0 Å². The van der Waals surface area contributed by atoms with Crippen LogP contribution >= 0.6 is 11.8 Å². The van der Waals surface area contributed by atoms with E-state index in [0.717, 1.165) is 5.75 Å². The highest BCUT2D eigenvalue weighted by Crippen LogP contribution is 2.02. The highest BCUT2D eigenvalue weighted by molar-refractivity contribution is 7.98. The minimum absolute atomic E-state index is 1.08. The second kappa shape index (κ2) is 6.51. The van der Waals surface area contributed by atoms with Crippen LogP contribution in [0.25, 0.3) is 0 Å². The Kier molecular flexibility index (Phi) is 6.11. The summed E-state index contributed by atoms with van der Waals surface area (Å²) in [7, 11) is 0. The summed E-state index contributed by atoms with van der Waals surface area (Å²) in [4.78, 5) is 0. The molecule has 0 nitrogen and oxygen atoms in total. The second-order valence-corrected chi connectivity index (χ2v) is 2.84. The van der Waals surface area contributed by atoms with Crippen LogP contribution in [0.3, 0.4) is 0 Å². The lowest BCUT2D eigenvalue weighted by molar-refractivity contribution is 1.41. The molecule has 0 aliphatic heterocycles. The molecular formula is C9H12S. The van der Waals surface area contributed by atoms with Crippen molar-refractivity contribution in [2.75, 3.05) is 12.0 Å². The monoisotopic (exact) mass is 152 g/mol. The fourth-order valence-electron chi connectivity index (χ4n) is 0.544. The molecule has 0 saturated carbocycles. The third-order valence-electron chi connectivity index (χ3n) is 0.945. The molecule has 0 heterocycles. The van der Waals surface area contributed by atoms with Crippen molar-refractivity contribution in [1.29, 1.82) is 0 Å². The Morgan fingerprint density at radius 2 is 2.40 bits per heavy atom. The molecular weight excluding hydrogens is 140 g/mol. The summed E-state index contributed by atoms with van der Waals surface area (Å²) in [6.07, 6.45) is 12.7. The van der Waals surface area contributed by atoms with Gasteiger partial charge in [0.25, 0.3) is 0 Å². The van der Waals surface area contributed by atoms with Crippen LogP contribution in [0.5, 0.6) is 0 Å². The zero-order valence-electron chi connectivity index (χ0n) is 6.42. The van der Waals surface area contributed by atoms with Crippen LogP contribution in [-0.2, 0) is 0 Å². The van der Waals surface area contributed by atoms with Crippen LogP contribution in [-0.4, -0.2) is 12.0 Å². The highest BCUT2D eigenvalue weighted by Gasteiger charge is 1.81. The number of terminal acetylenes is 1. The van der Waals surface area contributed by atoms with Crippen molar-refractivity contribution in [2.45, 2.75) is 6.92 Å². The van der Waals surface area contributed by atoms with Crippen molar-refractivity contribution in [3.63, 3.8) is 0 Å². The van der Waals surface area contributed by atoms with E-state index in [1.165, 1.54) is 5.57 Å². The van der Waals surface area contributed by atoms with Crippen LogP contribution < -0.4 is 0 Å². The first kappa shape index (κ1) is 9.39. The van der Waals surface area contributed by atoms with E-state index in [-0.39, 0.29) is 0 Å². The quantitative estimate of drug-likeness (QED) is 0.442. The van der Waals surface area contributed by atoms with Crippen LogP contribution in [0.15, 0.2) is 23.8 Å². The molecule has 0 aromatic carbocycles. The van der Waals surface area contributed by atoms with Gasteiger partial charge in [0, 0.05) is 5.75 Å². The first-order valence-corrected chi connectivity index (χ1v) is 4.48. The first-order chi connectivity index (χ1) is 4.81. The molecule has 0 aromatic rings. The maximum atomic E-state index is 5.02. The molecule has 0 rings (SSSR count). The predicted molar refractivity (Wildman–Crippen MR) is 50.1 cm³/mol. The molecule has 0 radical (unpaired) electrons. The minimum Gasteiger partial charge on any atom is -0.161 e. The molecule has 0 fully saturated rings. The maximum Gasteiger partial charge on any atom is 0.0140 e. The molecule has 0 aliphatic rings. The van der Waals surface area contributed by atoms with E-state index in [1.807, 2.05) is 23.9 Å². The van der Waals surface area contributed by atoms with Gasteiger partial charge in [-0.2, -0.15) is 11.8 Å². The van der Waals surface area contributed by atoms with Gasteiger partial charge in [0.2, 0.25) is 0 Å². The minimum atomic E-state index is 1.08. The van der Waals surface area contributed by atoms with Gasteiger partial charge in [-0.05, 0) is 19.3 Å². The maximum absolute atomic E-state index is 5.02. The van der Waals surface area contributed by atoms with Crippen molar-refractivity contribution in [2.24, 2.45) is 0 Å². The Bertz CT molecular complexity index is 170. The van der Waals surface area contributed by atoms with E-state index in [1.54, 1.807) is 6.08 Å². The van der Waals surface area contributed by atoms with Gasteiger partial charge in [0.15, 0.2) is 0 Å². The summed E-state index contributed by atoms with van der Waals surface area (Å²) in [5, 5.41) is 0. The average molecular weight is 152 g/mol. The summed E-state index contributed by atoms with van der Waals surface area (Å²) in [6.45, 7) is 2.09. The number of thioether (sulfide) groups is 1. The third-order valence-corrected chi connectivity index (χ3v) is 1.69. The normalized spacial score (nSPS) is 11.9. The SMILES string of the molecule is C#C/C=C\C=C(/C)CSC.